The van der Waals surface area contributed by atoms with E-state index in [-0.39, 0.29) is 10.8 Å². The smallest absolute Gasteiger partial charge is 0.0395 e. The third kappa shape index (κ3) is 1.42. The Kier molecular flexibility index (Phi) is 2.89. The molecule has 24 heavy (non-hydrogen) atoms. The van der Waals surface area contributed by atoms with Crippen LogP contribution < -0.4 is 0 Å². The molecule has 0 fully saturated rings. The molecule has 0 heteroatoms. The Labute approximate surface area is 146 Å². The molecule has 0 amide bonds. The lowest BCUT2D eigenvalue weighted by molar-refractivity contribution is 0.485. The van der Waals surface area contributed by atoms with Crippen LogP contribution in [0.1, 0.15) is 72.2 Å². The molecule has 0 aliphatic heterocycles. The molecule has 0 spiro atoms. The maximum absolute atomic E-state index is 2.46. The number of hydrogen-bond acceptors (Lipinski definition) is 0. The first-order valence-corrected chi connectivity index (χ1v) is 9.07. The number of hydrogen-bond donors (Lipinski definition) is 0. The van der Waals surface area contributed by atoms with E-state index in [1.165, 1.54) is 22.3 Å². The molecular weight excluding hydrogens is 288 g/mol. The van der Waals surface area contributed by atoms with Crippen molar-refractivity contribution < 1.29 is 0 Å². The minimum Gasteiger partial charge on any atom is -0.0587 e. The summed E-state index contributed by atoms with van der Waals surface area (Å²) in [5.41, 5.74) is 15.1. The van der Waals surface area contributed by atoms with Crippen molar-refractivity contribution in [1.82, 2.24) is 0 Å². The van der Waals surface area contributed by atoms with Crippen LogP contribution in [0.2, 0.25) is 0 Å². The Bertz CT molecular complexity index is 801. The van der Waals surface area contributed by atoms with Crippen molar-refractivity contribution in [3.63, 3.8) is 0 Å². The summed E-state index contributed by atoms with van der Waals surface area (Å²) < 4.78 is 0. The predicted molar refractivity (Wildman–Crippen MR) is 103 cm³/mol. The van der Waals surface area contributed by atoms with Gasteiger partial charge in [-0.25, -0.2) is 0 Å². The van der Waals surface area contributed by atoms with Gasteiger partial charge in [-0.05, 0) is 99.9 Å². The van der Waals surface area contributed by atoms with Crippen molar-refractivity contribution in [2.24, 2.45) is 0 Å². The highest BCUT2D eigenvalue weighted by Crippen LogP contribution is 2.63. The molecule has 0 saturated carbocycles. The predicted octanol–water partition coefficient (Wildman–Crippen LogP) is 6.20. The van der Waals surface area contributed by atoms with Gasteiger partial charge in [0.05, 0.1) is 0 Å². The maximum atomic E-state index is 2.46. The lowest BCUT2D eigenvalue weighted by atomic mass is 9.46. The molecule has 2 aromatic carbocycles. The minimum absolute atomic E-state index is 0.00127. The fraction of sp³-hybridized carbons (Fsp3) is 0.417. The lowest BCUT2D eigenvalue weighted by Gasteiger charge is -2.56. The second kappa shape index (κ2) is 4.42. The second-order valence-corrected chi connectivity index (χ2v) is 8.40. The van der Waals surface area contributed by atoms with Crippen molar-refractivity contribution in [2.75, 3.05) is 0 Å². The summed E-state index contributed by atoms with van der Waals surface area (Å²) in [5.74, 6) is 0. The Hall–Kier alpha value is -1.82. The van der Waals surface area contributed by atoms with E-state index >= 15 is 0 Å². The van der Waals surface area contributed by atoms with Crippen LogP contribution >= 0.6 is 0 Å². The number of benzene rings is 2. The molecule has 0 unspecified atom stereocenters. The first kappa shape index (κ1) is 15.7. The molecule has 0 atom stereocenters. The zero-order valence-corrected chi connectivity index (χ0v) is 16.3. The molecule has 3 aliphatic rings. The standard InChI is InChI=1S/C24H28/c1-13-9-10-14(2)20-19(13)23(7)17(5)18(6)24(20,8)22-16(4)12-11-15(3)21(22)23/h9-12H,1-8H3. The first-order chi connectivity index (χ1) is 11.2. The molecule has 2 aromatic rings. The first-order valence-electron chi connectivity index (χ1n) is 9.07. The van der Waals surface area contributed by atoms with Crippen LogP contribution in [0.5, 0.6) is 0 Å². The summed E-state index contributed by atoms with van der Waals surface area (Å²) in [6.07, 6.45) is 0. The van der Waals surface area contributed by atoms with Crippen LogP contribution in [0, 0.1) is 27.7 Å². The van der Waals surface area contributed by atoms with E-state index in [0.29, 0.717) is 0 Å². The average molecular weight is 316 g/mol. The van der Waals surface area contributed by atoms with Gasteiger partial charge in [-0.3, -0.25) is 0 Å². The Morgan fingerprint density at radius 2 is 0.667 bits per heavy atom. The minimum atomic E-state index is -0.00127. The topological polar surface area (TPSA) is 0 Å². The third-order valence-corrected chi connectivity index (χ3v) is 7.31. The normalized spacial score (nSPS) is 27.3. The zero-order valence-electron chi connectivity index (χ0n) is 16.3. The third-order valence-electron chi connectivity index (χ3n) is 7.31. The summed E-state index contributed by atoms with van der Waals surface area (Å²) in [6, 6.07) is 9.27. The van der Waals surface area contributed by atoms with Crippen molar-refractivity contribution in [3.05, 3.63) is 79.9 Å². The highest BCUT2D eigenvalue weighted by atomic mass is 14.6. The highest BCUT2D eigenvalue weighted by Gasteiger charge is 2.55. The Balaban J connectivity index is 2.33. The molecule has 124 valence electrons. The van der Waals surface area contributed by atoms with Crippen molar-refractivity contribution in [3.8, 4) is 0 Å². The summed E-state index contributed by atoms with van der Waals surface area (Å²) in [6.45, 7) is 18.8. The van der Waals surface area contributed by atoms with Crippen molar-refractivity contribution in [1.29, 1.82) is 0 Å². The molecule has 0 radical (unpaired) electrons. The van der Waals surface area contributed by atoms with Gasteiger partial charge < -0.3 is 0 Å². The van der Waals surface area contributed by atoms with E-state index in [1.54, 1.807) is 33.4 Å². The summed E-state index contributed by atoms with van der Waals surface area (Å²) in [5, 5.41) is 0. The highest BCUT2D eigenvalue weighted by molar-refractivity contribution is 5.76. The van der Waals surface area contributed by atoms with Crippen LogP contribution in [0.4, 0.5) is 0 Å². The van der Waals surface area contributed by atoms with Gasteiger partial charge in [-0.2, -0.15) is 0 Å². The molecule has 0 heterocycles. The largest absolute Gasteiger partial charge is 0.0587 e. The van der Waals surface area contributed by atoms with Gasteiger partial charge in [0, 0.05) is 10.8 Å². The van der Waals surface area contributed by atoms with E-state index in [0.717, 1.165) is 0 Å². The fourth-order valence-corrected chi connectivity index (χ4v) is 5.95. The molecule has 3 aliphatic carbocycles. The van der Waals surface area contributed by atoms with E-state index in [9.17, 15) is 0 Å². The van der Waals surface area contributed by atoms with Crippen molar-refractivity contribution in [2.45, 2.75) is 66.2 Å². The van der Waals surface area contributed by atoms with Gasteiger partial charge >= 0.3 is 0 Å². The second-order valence-electron chi connectivity index (χ2n) is 8.40. The Morgan fingerprint density at radius 3 is 0.875 bits per heavy atom. The van der Waals surface area contributed by atoms with Crippen LogP contribution in [0.25, 0.3) is 0 Å². The number of rotatable bonds is 0. The lowest BCUT2D eigenvalue weighted by Crippen LogP contribution is -2.49. The molecule has 0 saturated heterocycles. The summed E-state index contributed by atoms with van der Waals surface area (Å²) in [4.78, 5) is 0. The molecule has 5 rings (SSSR count). The molecule has 0 aromatic heterocycles. The monoisotopic (exact) mass is 316 g/mol. The van der Waals surface area contributed by atoms with Crippen LogP contribution in [-0.4, -0.2) is 0 Å². The Morgan fingerprint density at radius 1 is 0.458 bits per heavy atom. The van der Waals surface area contributed by atoms with Crippen LogP contribution in [0.3, 0.4) is 0 Å². The average Bonchev–Trinajstić information content (AvgIpc) is 2.53. The van der Waals surface area contributed by atoms with Gasteiger partial charge in [0.1, 0.15) is 0 Å². The summed E-state index contributed by atoms with van der Waals surface area (Å²) in [7, 11) is 0. The summed E-state index contributed by atoms with van der Waals surface area (Å²) >= 11 is 0. The molecule has 0 nitrogen and oxygen atoms in total. The maximum Gasteiger partial charge on any atom is 0.0395 e. The van der Waals surface area contributed by atoms with Gasteiger partial charge in [0.2, 0.25) is 0 Å². The SMILES string of the molecule is CC1=C(C)C2(C)c3c(C)ccc(C)c3C1(C)c1c(C)ccc(C)c12. The number of aryl methyl sites for hydroxylation is 4. The van der Waals surface area contributed by atoms with E-state index in [1.807, 2.05) is 0 Å². The van der Waals surface area contributed by atoms with E-state index < -0.39 is 0 Å². The van der Waals surface area contributed by atoms with Gasteiger partial charge in [-0.15, -0.1) is 0 Å². The van der Waals surface area contributed by atoms with Crippen molar-refractivity contribution >= 4 is 0 Å². The molecule has 2 bridgehead atoms. The molecular formula is C24H28. The van der Waals surface area contributed by atoms with Gasteiger partial charge in [0.15, 0.2) is 0 Å². The number of allylic oxidation sites excluding steroid dienone is 2. The van der Waals surface area contributed by atoms with E-state index in [4.69, 9.17) is 0 Å². The quantitative estimate of drug-likeness (QED) is 0.508. The fourth-order valence-electron chi connectivity index (χ4n) is 5.95. The zero-order chi connectivity index (χ0) is 17.6. The molecule has 0 N–H and O–H groups in total. The van der Waals surface area contributed by atoms with Crippen LogP contribution in [0.15, 0.2) is 35.4 Å². The van der Waals surface area contributed by atoms with Gasteiger partial charge in [0.25, 0.3) is 0 Å². The van der Waals surface area contributed by atoms with E-state index in [2.05, 4.69) is 79.7 Å². The van der Waals surface area contributed by atoms with Gasteiger partial charge in [-0.1, -0.05) is 35.4 Å². The van der Waals surface area contributed by atoms with Crippen LogP contribution in [-0.2, 0) is 10.8 Å².